The molecule has 12 atom stereocenters. The molecule has 6 N–H and O–H groups in total. The Balaban J connectivity index is 0.000000456. The Labute approximate surface area is 735 Å². The molecule has 3 saturated heterocycles. The lowest BCUT2D eigenvalue weighted by atomic mass is 10.1. The van der Waals surface area contributed by atoms with Gasteiger partial charge in [0.2, 0.25) is 0 Å². The summed E-state index contributed by atoms with van der Waals surface area (Å²) in [5, 5.41) is 11.1. The van der Waals surface area contributed by atoms with E-state index in [-0.39, 0.29) is 108 Å². The van der Waals surface area contributed by atoms with E-state index in [1.807, 2.05) is 33.3 Å². The van der Waals surface area contributed by atoms with Crippen LogP contribution in [-0.2, 0) is 54.0 Å². The number of rotatable bonds is 24. The average molecular weight is 1830 g/mol. The lowest BCUT2D eigenvalue weighted by Crippen LogP contribution is -2.56. The van der Waals surface area contributed by atoms with E-state index in [9.17, 15) is 0 Å². The SMILES string of the molecule is C.C=C1N=C(Cl)C=CN1[C@@H]1O[C@H](CO[Si](C)(C)C(C)(C)C)[C@H](O[Si](C)(C)C(C)(C)C)C1O[Si](C)(C)C(C)(C)C.C=C1N=C(N)C=CN1[C@@H]1O[C@H](CO[Si](C)(C)C(C)(C)C)[C@H](O[Si](C)(C)C(C)(C)C)C1O[Si](C)(C)C(C)(C)C.C=C1N=C(NC(=N)N)C=CN1[C@@H]1O[C@H](CO[Si](C)(C)C(C)(C)C)[C@H](O[Si](C)(C)C(C)(C)C)C1O[Si](C)(C)C(C)(C)C. The smallest absolute Gasteiger partial charge is 0.192 e. The first kappa shape index (κ1) is 110. The minimum atomic E-state index is -2.26. The van der Waals surface area contributed by atoms with Gasteiger partial charge in [-0.05, 0) is 181 Å². The maximum atomic E-state index is 7.57. The summed E-state index contributed by atoms with van der Waals surface area (Å²) in [5.41, 5.74) is 11.5. The predicted octanol–water partition coefficient (Wildman–Crippen LogP) is 23.0. The third kappa shape index (κ3) is 27.4. The number of hydrogen-bond donors (Lipinski definition) is 4. The van der Waals surface area contributed by atoms with E-state index in [1.165, 1.54) is 0 Å². The molecular formula is C86H175ClN10O12Si9. The summed E-state index contributed by atoms with van der Waals surface area (Å²) in [6, 6.07) is 0. The fourth-order valence-corrected chi connectivity index (χ4v) is 21.9. The Morgan fingerprint density at radius 3 is 0.797 bits per heavy atom. The first-order valence-electron chi connectivity index (χ1n) is 42.5. The van der Waals surface area contributed by atoms with E-state index in [2.05, 4.69) is 345 Å². The topological polar surface area (TPSA) is 245 Å². The maximum absolute atomic E-state index is 7.57. The number of halogens is 1. The zero-order chi connectivity index (χ0) is 91.4. The van der Waals surface area contributed by atoms with E-state index >= 15 is 0 Å². The quantitative estimate of drug-likeness (QED) is 0.0398. The van der Waals surface area contributed by atoms with Gasteiger partial charge in [-0.15, -0.1) is 0 Å². The van der Waals surface area contributed by atoms with Crippen LogP contribution in [0.15, 0.2) is 89.0 Å². The second-order valence-corrected chi connectivity index (χ2v) is 90.2. The van der Waals surface area contributed by atoms with Gasteiger partial charge in [0.05, 0.1) is 19.8 Å². The van der Waals surface area contributed by atoms with Crippen LogP contribution in [0.2, 0.25) is 163 Å². The predicted molar refractivity (Wildman–Crippen MR) is 522 cm³/mol. The molecule has 0 spiro atoms. The fraction of sp³-hybridized carbons (Fsp3) is 0.814. The van der Waals surface area contributed by atoms with Crippen LogP contribution in [0, 0.1) is 5.41 Å². The van der Waals surface area contributed by atoms with Crippen LogP contribution in [0.25, 0.3) is 0 Å². The zero-order valence-electron chi connectivity index (χ0n) is 82.2. The largest absolute Gasteiger partial charge is 0.414 e. The summed E-state index contributed by atoms with van der Waals surface area (Å²) in [6.07, 6.45) is 6.67. The second-order valence-electron chi connectivity index (χ2n) is 46.9. The Morgan fingerprint density at radius 2 is 0.585 bits per heavy atom. The summed E-state index contributed by atoms with van der Waals surface area (Å²) in [6.45, 7) is 116. The number of amidine groups is 2. The molecule has 32 heteroatoms. The number of aliphatic imine (C=N–C) groups is 3. The van der Waals surface area contributed by atoms with Gasteiger partial charge in [-0.2, -0.15) is 0 Å². The Morgan fingerprint density at radius 1 is 0.373 bits per heavy atom. The van der Waals surface area contributed by atoms with Crippen LogP contribution in [0.1, 0.15) is 194 Å². The first-order valence-corrected chi connectivity index (χ1v) is 69.1. The lowest BCUT2D eigenvalue weighted by Gasteiger charge is -2.45. The van der Waals surface area contributed by atoms with Gasteiger partial charge in [-0.25, -0.2) is 15.0 Å². The van der Waals surface area contributed by atoms with Crippen molar-refractivity contribution in [1.29, 1.82) is 5.41 Å². The van der Waals surface area contributed by atoms with Gasteiger partial charge in [0, 0.05) is 18.6 Å². The number of nitrogens with two attached hydrogens (primary N) is 2. The molecule has 0 radical (unpaired) electrons. The van der Waals surface area contributed by atoms with E-state index in [4.69, 9.17) is 82.5 Å². The molecule has 684 valence electrons. The zero-order valence-corrected chi connectivity index (χ0v) is 92.0. The van der Waals surface area contributed by atoms with Gasteiger partial charge >= 0.3 is 0 Å². The molecule has 6 rings (SSSR count). The minimum absolute atomic E-state index is 0. The highest BCUT2D eigenvalue weighted by Crippen LogP contribution is 2.51. The Bertz CT molecular complexity index is 3480. The number of guanidine groups is 1. The molecule has 6 aliphatic heterocycles. The van der Waals surface area contributed by atoms with Crippen molar-refractivity contribution in [2.75, 3.05) is 19.8 Å². The van der Waals surface area contributed by atoms with Crippen LogP contribution in [0.4, 0.5) is 0 Å². The van der Waals surface area contributed by atoms with Crippen LogP contribution < -0.4 is 16.8 Å². The van der Waals surface area contributed by atoms with Crippen molar-refractivity contribution in [2.24, 2.45) is 26.4 Å². The van der Waals surface area contributed by atoms with Gasteiger partial charge in [0.15, 0.2) is 99.5 Å². The summed E-state index contributed by atoms with van der Waals surface area (Å²) in [7, 11) is -19.4. The van der Waals surface area contributed by atoms with Crippen molar-refractivity contribution in [2.45, 2.75) is 431 Å². The fourth-order valence-electron chi connectivity index (χ4n) is 10.9. The normalized spacial score (nSPS) is 25.6. The monoisotopic (exact) mass is 1830 g/mol. The molecule has 0 saturated carbocycles. The highest BCUT2D eigenvalue weighted by Gasteiger charge is 2.61. The molecule has 0 aromatic carbocycles. The number of nitrogens with one attached hydrogen (secondary N) is 2. The lowest BCUT2D eigenvalue weighted by molar-refractivity contribution is -0.0654. The molecule has 6 aliphatic rings. The average Bonchev–Trinajstić information content (AvgIpc) is 1.61. The molecular weight excluding hydrogens is 1650 g/mol. The molecule has 0 aromatic heterocycles. The molecule has 0 bridgehead atoms. The van der Waals surface area contributed by atoms with Crippen LogP contribution in [-0.4, -0.2) is 206 Å². The van der Waals surface area contributed by atoms with Crippen molar-refractivity contribution >= 4 is 109 Å². The van der Waals surface area contributed by atoms with E-state index in [1.54, 1.807) is 18.2 Å². The van der Waals surface area contributed by atoms with Gasteiger partial charge < -0.3 is 85.5 Å². The van der Waals surface area contributed by atoms with E-state index < -0.39 is 99.6 Å². The van der Waals surface area contributed by atoms with Crippen LogP contribution >= 0.6 is 11.6 Å². The van der Waals surface area contributed by atoms with Crippen molar-refractivity contribution in [3.05, 3.63) is 74.0 Å². The van der Waals surface area contributed by atoms with Gasteiger partial charge in [0.1, 0.15) is 89.2 Å². The third-order valence-corrected chi connectivity index (χ3v) is 69.0. The third-order valence-electron chi connectivity index (χ3n) is 28.4. The molecule has 0 amide bonds. The van der Waals surface area contributed by atoms with E-state index in [0.717, 1.165) is 0 Å². The Hall–Kier alpha value is -2.32. The van der Waals surface area contributed by atoms with Gasteiger partial charge in [0.25, 0.3) is 0 Å². The number of ether oxygens (including phenoxy) is 3. The molecule has 22 nitrogen and oxygen atoms in total. The summed E-state index contributed by atoms with van der Waals surface area (Å²) in [5.74, 6) is 2.24. The van der Waals surface area contributed by atoms with E-state index in [0.29, 0.717) is 54.1 Å². The van der Waals surface area contributed by atoms with Gasteiger partial charge in [-0.3, -0.25) is 5.41 Å². The molecule has 3 unspecified atom stereocenters. The number of hydrogen-bond acceptors (Lipinski definition) is 20. The standard InChI is InChI=1S/C29H59N5O4Si3.C28H55ClN2O4Si3.C28H57N3O4Si3.CH4/c1-20-32-22(33-26(30)31)17-18-34(20)25-24(38-41(15,16)29(8,9)10)23(37-40(13,14)28(5,6)7)21(36-25)19-35-39(11,12)27(2,3)4;2*1-20-30-22(29)17-18-31(20)25-24(35-38(15,16)28(8,9)10)23(34-37(13,14)27(5,6)7)21(33-25)19-32-36(11,12)26(2,3)4;/h17-18,21,23-25H,1,19H2,2-16H3,(H4,30,31,32,33);17-18,21,23-25H,1,19H2,2-16H3;17-18,21,23-25H,1,19H2,2-16H3,(H2,29,30);1H4/t3*21-,23+,24?,25-;/m111./s1. The molecule has 0 aromatic rings. The van der Waals surface area contributed by atoms with Crippen molar-refractivity contribution in [3.63, 3.8) is 0 Å². The summed E-state index contributed by atoms with van der Waals surface area (Å²) >= 11 is 6.20. The molecule has 0 aliphatic carbocycles. The summed E-state index contributed by atoms with van der Waals surface area (Å²) < 4.78 is 83.9. The Kier molecular flexibility index (Phi) is 35.7. The number of allylic oxidation sites excluding steroid dienone is 1. The van der Waals surface area contributed by atoms with Crippen LogP contribution in [0.3, 0.4) is 0 Å². The van der Waals surface area contributed by atoms with Crippen LogP contribution in [0.5, 0.6) is 0 Å². The minimum Gasteiger partial charge on any atom is -0.414 e. The molecule has 6 heterocycles. The molecule has 118 heavy (non-hydrogen) atoms. The van der Waals surface area contributed by atoms with Crippen molar-refractivity contribution in [3.8, 4) is 0 Å². The first-order chi connectivity index (χ1) is 51.8. The highest BCUT2D eigenvalue weighted by atomic mass is 35.5. The van der Waals surface area contributed by atoms with Crippen molar-refractivity contribution in [1.82, 2.24) is 20.0 Å². The summed E-state index contributed by atoms with van der Waals surface area (Å²) in [4.78, 5) is 19.2. The van der Waals surface area contributed by atoms with Gasteiger partial charge in [-0.1, -0.05) is 226 Å². The number of nitrogens with zero attached hydrogens (tertiary/aromatic N) is 6. The van der Waals surface area contributed by atoms with Crippen molar-refractivity contribution < 1.29 is 54.0 Å². The highest BCUT2D eigenvalue weighted by molar-refractivity contribution is 6.77. The maximum Gasteiger partial charge on any atom is 0.192 e. The second kappa shape index (κ2) is 38.3. The molecule has 3 fully saturated rings.